The predicted octanol–water partition coefficient (Wildman–Crippen LogP) is 2.14. The fourth-order valence-electron chi connectivity index (χ4n) is 2.21. The zero-order valence-corrected chi connectivity index (χ0v) is 12.2. The Kier molecular flexibility index (Phi) is 4.42. The molecule has 1 aromatic rings. The molecule has 0 aliphatic heterocycles. The van der Waals surface area contributed by atoms with Gasteiger partial charge >= 0.3 is 0 Å². The van der Waals surface area contributed by atoms with Crippen LogP contribution in [-0.2, 0) is 0 Å². The molecule has 0 heterocycles. The topological polar surface area (TPSA) is 102 Å². The highest BCUT2D eigenvalue weighted by Gasteiger charge is 2.29. The van der Waals surface area contributed by atoms with E-state index in [1.807, 2.05) is 13.8 Å². The Morgan fingerprint density at radius 3 is 2.67 bits per heavy atom. The molecule has 0 unspecified atom stereocenters. The van der Waals surface area contributed by atoms with Crippen LogP contribution >= 0.6 is 0 Å². The molecule has 0 saturated heterocycles. The molecule has 0 radical (unpaired) electrons. The van der Waals surface area contributed by atoms with Gasteiger partial charge in [-0.2, -0.15) is 0 Å². The highest BCUT2D eigenvalue weighted by atomic mass is 16.6. The van der Waals surface area contributed by atoms with E-state index in [0.717, 1.165) is 12.8 Å². The summed E-state index contributed by atoms with van der Waals surface area (Å²) in [6.45, 7) is 4.61. The zero-order chi connectivity index (χ0) is 15.6. The maximum atomic E-state index is 12.6. The molecule has 21 heavy (non-hydrogen) atoms. The van der Waals surface area contributed by atoms with Gasteiger partial charge in [-0.05, 0) is 44.7 Å². The van der Waals surface area contributed by atoms with Crippen LogP contribution in [0.5, 0.6) is 0 Å². The van der Waals surface area contributed by atoms with Crippen molar-refractivity contribution < 1.29 is 9.72 Å². The highest BCUT2D eigenvalue weighted by molar-refractivity contribution is 5.96. The number of nitrogens with two attached hydrogens (primary N) is 1. The lowest BCUT2D eigenvalue weighted by Gasteiger charge is -2.27. The quantitative estimate of drug-likeness (QED) is 0.475. The third-order valence-corrected chi connectivity index (χ3v) is 3.63. The second kappa shape index (κ2) is 6.09. The third kappa shape index (κ3) is 3.49. The molecular formula is C14H20N4O3. The Hall–Kier alpha value is -2.15. The Labute approximate surface area is 123 Å². The summed E-state index contributed by atoms with van der Waals surface area (Å²) in [5, 5.41) is 11.0. The lowest BCUT2D eigenvalue weighted by Crippen LogP contribution is -2.38. The first-order valence-electron chi connectivity index (χ1n) is 7.00. The van der Waals surface area contributed by atoms with Gasteiger partial charge in [-0.25, -0.2) is 0 Å². The second-order valence-corrected chi connectivity index (χ2v) is 5.63. The molecule has 0 atom stereocenters. The molecule has 0 bridgehead atoms. The molecule has 3 N–H and O–H groups in total. The molecule has 1 aromatic carbocycles. The number of nitrogens with zero attached hydrogens (tertiary/aromatic N) is 2. The number of nitrogens with one attached hydrogen (secondary N) is 1. The fraction of sp³-hybridized carbons (Fsp3) is 0.500. The van der Waals surface area contributed by atoms with Gasteiger partial charge in [-0.15, -0.1) is 0 Å². The lowest BCUT2D eigenvalue weighted by molar-refractivity contribution is -0.384. The normalized spacial score (nSPS) is 14.1. The van der Waals surface area contributed by atoms with Crippen LogP contribution in [0.15, 0.2) is 18.2 Å². The SMILES string of the molecule is CC(C)N(CC1CC1)C(=O)c1ccc(NN)c([N+](=O)[O-])c1. The van der Waals surface area contributed by atoms with E-state index in [4.69, 9.17) is 5.84 Å². The summed E-state index contributed by atoms with van der Waals surface area (Å²) < 4.78 is 0. The molecule has 1 aliphatic rings. The number of anilines is 1. The van der Waals surface area contributed by atoms with Crippen molar-refractivity contribution in [2.75, 3.05) is 12.0 Å². The van der Waals surface area contributed by atoms with E-state index in [2.05, 4.69) is 5.43 Å². The fourth-order valence-corrected chi connectivity index (χ4v) is 2.21. The van der Waals surface area contributed by atoms with Crippen molar-refractivity contribution in [3.63, 3.8) is 0 Å². The third-order valence-electron chi connectivity index (χ3n) is 3.63. The minimum Gasteiger partial charge on any atom is -0.336 e. The van der Waals surface area contributed by atoms with Crippen LogP contribution in [0.2, 0.25) is 0 Å². The van der Waals surface area contributed by atoms with Gasteiger partial charge in [0, 0.05) is 24.2 Å². The van der Waals surface area contributed by atoms with Gasteiger partial charge in [0.2, 0.25) is 0 Å². The number of nitro groups is 1. The van der Waals surface area contributed by atoms with E-state index in [9.17, 15) is 14.9 Å². The van der Waals surface area contributed by atoms with Gasteiger partial charge in [0.25, 0.3) is 11.6 Å². The molecule has 7 heteroatoms. The predicted molar refractivity (Wildman–Crippen MR) is 79.8 cm³/mol. The standard InChI is InChI=1S/C14H20N4O3/c1-9(2)17(8-10-3-4-10)14(19)11-5-6-12(16-15)13(7-11)18(20)21/h5-7,9-10,16H,3-4,8,15H2,1-2H3. The first-order chi connectivity index (χ1) is 9.93. The first-order valence-corrected chi connectivity index (χ1v) is 7.00. The van der Waals surface area contributed by atoms with E-state index >= 15 is 0 Å². The summed E-state index contributed by atoms with van der Waals surface area (Å²) in [5.74, 6) is 5.64. The molecular weight excluding hydrogens is 272 g/mol. The molecule has 0 spiro atoms. The first kappa shape index (κ1) is 15.2. The molecule has 1 saturated carbocycles. The van der Waals surface area contributed by atoms with Crippen molar-refractivity contribution in [1.82, 2.24) is 4.90 Å². The lowest BCUT2D eigenvalue weighted by atomic mass is 10.1. The summed E-state index contributed by atoms with van der Waals surface area (Å²) in [5.41, 5.74) is 2.58. The molecule has 2 rings (SSSR count). The van der Waals surface area contributed by atoms with Crippen molar-refractivity contribution in [2.24, 2.45) is 11.8 Å². The van der Waals surface area contributed by atoms with E-state index in [1.54, 1.807) is 11.0 Å². The van der Waals surface area contributed by atoms with E-state index in [1.165, 1.54) is 12.1 Å². The Morgan fingerprint density at radius 1 is 1.52 bits per heavy atom. The average molecular weight is 292 g/mol. The van der Waals surface area contributed by atoms with Crippen LogP contribution in [0, 0.1) is 16.0 Å². The van der Waals surface area contributed by atoms with Crippen molar-refractivity contribution in [2.45, 2.75) is 32.7 Å². The molecule has 0 aromatic heterocycles. The number of hydrogen-bond acceptors (Lipinski definition) is 5. The van der Waals surface area contributed by atoms with Gasteiger partial charge in [0.15, 0.2) is 0 Å². The smallest absolute Gasteiger partial charge is 0.294 e. The van der Waals surface area contributed by atoms with Crippen LogP contribution in [0.1, 0.15) is 37.0 Å². The number of carbonyl (C=O) groups excluding carboxylic acids is 1. The summed E-state index contributed by atoms with van der Waals surface area (Å²) in [4.78, 5) is 24.8. The number of nitrogen functional groups attached to an aromatic ring is 1. The Bertz CT molecular complexity index is 555. The number of hydrogen-bond donors (Lipinski definition) is 2. The van der Waals surface area contributed by atoms with Crippen LogP contribution in [-0.4, -0.2) is 28.3 Å². The maximum Gasteiger partial charge on any atom is 0.294 e. The summed E-state index contributed by atoms with van der Waals surface area (Å²) >= 11 is 0. The van der Waals surface area contributed by atoms with E-state index in [-0.39, 0.29) is 23.3 Å². The van der Waals surface area contributed by atoms with Crippen LogP contribution in [0.3, 0.4) is 0 Å². The number of benzene rings is 1. The van der Waals surface area contributed by atoms with Crippen molar-refractivity contribution >= 4 is 17.3 Å². The number of rotatable bonds is 6. The molecule has 114 valence electrons. The number of amides is 1. The van der Waals surface area contributed by atoms with Crippen LogP contribution in [0.4, 0.5) is 11.4 Å². The summed E-state index contributed by atoms with van der Waals surface area (Å²) in [6.07, 6.45) is 2.29. The maximum absolute atomic E-state index is 12.6. The minimum absolute atomic E-state index is 0.0597. The zero-order valence-electron chi connectivity index (χ0n) is 12.2. The number of carbonyl (C=O) groups is 1. The van der Waals surface area contributed by atoms with Crippen molar-refractivity contribution in [3.8, 4) is 0 Å². The second-order valence-electron chi connectivity index (χ2n) is 5.63. The molecule has 1 fully saturated rings. The Morgan fingerprint density at radius 2 is 2.19 bits per heavy atom. The van der Waals surface area contributed by atoms with Gasteiger partial charge in [-0.1, -0.05) is 0 Å². The highest BCUT2D eigenvalue weighted by Crippen LogP contribution is 2.31. The Balaban J connectivity index is 2.28. The molecule has 1 aliphatic carbocycles. The van der Waals surface area contributed by atoms with Crippen molar-refractivity contribution in [3.05, 3.63) is 33.9 Å². The summed E-state index contributed by atoms with van der Waals surface area (Å²) in [7, 11) is 0. The molecule has 7 nitrogen and oxygen atoms in total. The van der Waals surface area contributed by atoms with E-state index < -0.39 is 4.92 Å². The average Bonchev–Trinajstić information content (AvgIpc) is 3.27. The van der Waals surface area contributed by atoms with E-state index in [0.29, 0.717) is 18.0 Å². The number of hydrazine groups is 1. The van der Waals surface area contributed by atoms with Crippen molar-refractivity contribution in [1.29, 1.82) is 0 Å². The largest absolute Gasteiger partial charge is 0.336 e. The number of nitro benzene ring substituents is 1. The summed E-state index contributed by atoms with van der Waals surface area (Å²) in [6, 6.07) is 4.36. The molecule has 1 amide bonds. The van der Waals surface area contributed by atoms with Gasteiger partial charge in [0.05, 0.1) is 4.92 Å². The van der Waals surface area contributed by atoms with Crippen LogP contribution in [0.25, 0.3) is 0 Å². The van der Waals surface area contributed by atoms with Gasteiger partial charge in [0.1, 0.15) is 5.69 Å². The minimum atomic E-state index is -0.549. The van der Waals surface area contributed by atoms with Gasteiger partial charge < -0.3 is 10.3 Å². The van der Waals surface area contributed by atoms with Crippen LogP contribution < -0.4 is 11.3 Å². The monoisotopic (exact) mass is 292 g/mol. The van der Waals surface area contributed by atoms with Gasteiger partial charge in [-0.3, -0.25) is 20.8 Å².